The topological polar surface area (TPSA) is 55.2 Å². The van der Waals surface area contributed by atoms with Crippen LogP contribution in [0.1, 0.15) is 87.3 Å². The second kappa shape index (κ2) is 14.8. The highest BCUT2D eigenvalue weighted by molar-refractivity contribution is 5.87. The van der Waals surface area contributed by atoms with Crippen molar-refractivity contribution in [3.8, 4) is 5.69 Å². The molecule has 1 unspecified atom stereocenters. The van der Waals surface area contributed by atoms with Gasteiger partial charge in [0.25, 0.3) is 5.56 Å². The number of benzene rings is 4. The lowest BCUT2D eigenvalue weighted by Crippen LogP contribution is -2.41. The number of unbranched alkanes of at least 4 members (excludes halogenated alkanes) is 3. The number of rotatable bonds is 13. The van der Waals surface area contributed by atoms with Gasteiger partial charge in [0.1, 0.15) is 5.82 Å². The Bertz CT molecular complexity index is 1670. The highest BCUT2D eigenvalue weighted by Gasteiger charge is 2.34. The lowest BCUT2D eigenvalue weighted by atomic mass is 9.89. The third-order valence-electron chi connectivity index (χ3n) is 8.51. The number of fused-ring (bicyclic) bond motifs is 1. The van der Waals surface area contributed by atoms with Crippen molar-refractivity contribution < 1.29 is 4.79 Å². The van der Waals surface area contributed by atoms with E-state index in [1.54, 1.807) is 4.57 Å². The molecule has 0 aliphatic carbocycles. The summed E-state index contributed by atoms with van der Waals surface area (Å²) < 4.78 is 1.74. The van der Waals surface area contributed by atoms with Crippen LogP contribution in [0, 0.1) is 0 Å². The number of aromatic nitrogens is 2. The molecule has 5 rings (SSSR count). The highest BCUT2D eigenvalue weighted by atomic mass is 16.2. The van der Waals surface area contributed by atoms with E-state index in [4.69, 9.17) is 4.98 Å². The zero-order valence-corrected chi connectivity index (χ0v) is 26.2. The van der Waals surface area contributed by atoms with Crippen LogP contribution in [0.3, 0.4) is 0 Å². The van der Waals surface area contributed by atoms with Gasteiger partial charge in [-0.25, -0.2) is 4.98 Å². The van der Waals surface area contributed by atoms with Crippen LogP contribution in [0.5, 0.6) is 0 Å². The van der Waals surface area contributed by atoms with Crippen molar-refractivity contribution in [2.75, 3.05) is 6.54 Å². The van der Waals surface area contributed by atoms with Crippen LogP contribution in [0.15, 0.2) is 114 Å². The van der Waals surface area contributed by atoms with Gasteiger partial charge in [0.05, 0.1) is 28.6 Å². The molecule has 1 atom stereocenters. The van der Waals surface area contributed by atoms with Crippen LogP contribution < -0.4 is 5.56 Å². The molecule has 5 nitrogen and oxygen atoms in total. The first kappa shape index (κ1) is 30.9. The molecule has 4 aromatic carbocycles. The Morgan fingerprint density at radius 2 is 1.36 bits per heavy atom. The standard InChI is InChI=1S/C39H43N3O2/c1-4-7-8-17-28-41(39(44)36(30-18-11-9-12-19-30)31-20-13-10-14-21-31)35(6-3)37-40-34-23-16-15-22-33(34)38(43)42(37)32-26-24-29(5-2)25-27-32/h9-16,18-27,35-36H,4-8,17,28H2,1-3H3. The Balaban J connectivity index is 1.69. The maximum absolute atomic E-state index is 15.0. The molecule has 0 spiro atoms. The fourth-order valence-electron chi connectivity index (χ4n) is 6.11. The minimum atomic E-state index is -0.470. The first-order valence-corrected chi connectivity index (χ1v) is 16.1. The molecule has 226 valence electrons. The summed E-state index contributed by atoms with van der Waals surface area (Å²) in [6.07, 6.45) is 5.68. The minimum absolute atomic E-state index is 0.0287. The summed E-state index contributed by atoms with van der Waals surface area (Å²) in [5, 5.41) is 0.568. The zero-order valence-electron chi connectivity index (χ0n) is 26.2. The van der Waals surface area contributed by atoms with Crippen LogP contribution >= 0.6 is 0 Å². The van der Waals surface area contributed by atoms with E-state index < -0.39 is 12.0 Å². The van der Waals surface area contributed by atoms with E-state index >= 15 is 0 Å². The van der Waals surface area contributed by atoms with Gasteiger partial charge in [0, 0.05) is 6.54 Å². The Labute approximate surface area is 261 Å². The van der Waals surface area contributed by atoms with Gasteiger partial charge >= 0.3 is 0 Å². The van der Waals surface area contributed by atoms with Crippen molar-refractivity contribution in [2.45, 2.75) is 71.3 Å². The maximum atomic E-state index is 15.0. The Morgan fingerprint density at radius 1 is 0.750 bits per heavy atom. The molecule has 5 aromatic rings. The predicted octanol–water partition coefficient (Wildman–Crippen LogP) is 8.64. The molecule has 44 heavy (non-hydrogen) atoms. The van der Waals surface area contributed by atoms with E-state index in [1.807, 2.05) is 102 Å². The molecule has 1 aromatic heterocycles. The van der Waals surface area contributed by atoms with Crippen molar-refractivity contribution in [3.05, 3.63) is 142 Å². The molecule has 0 bridgehead atoms. The smallest absolute Gasteiger partial charge is 0.266 e. The summed E-state index contributed by atoms with van der Waals surface area (Å²) in [5.41, 5.74) is 4.40. The van der Waals surface area contributed by atoms with Crippen LogP contribution in [-0.2, 0) is 11.2 Å². The summed E-state index contributed by atoms with van der Waals surface area (Å²) in [6.45, 7) is 6.99. The number of hydrogen-bond acceptors (Lipinski definition) is 3. The van der Waals surface area contributed by atoms with E-state index in [-0.39, 0.29) is 11.5 Å². The fourth-order valence-corrected chi connectivity index (χ4v) is 6.11. The van der Waals surface area contributed by atoms with Gasteiger partial charge in [-0.3, -0.25) is 14.2 Å². The highest BCUT2D eigenvalue weighted by Crippen LogP contribution is 2.33. The molecule has 1 amide bonds. The van der Waals surface area contributed by atoms with Crippen molar-refractivity contribution >= 4 is 16.8 Å². The largest absolute Gasteiger partial charge is 0.332 e. The SMILES string of the molecule is CCCCCCN(C(=O)C(c1ccccc1)c1ccccc1)C(CC)c1nc2ccccc2c(=O)n1-c1ccc(CC)cc1. The van der Waals surface area contributed by atoms with Crippen molar-refractivity contribution in [3.63, 3.8) is 0 Å². The van der Waals surface area contributed by atoms with Crippen LogP contribution in [-0.4, -0.2) is 26.9 Å². The van der Waals surface area contributed by atoms with Gasteiger partial charge in [-0.15, -0.1) is 0 Å². The van der Waals surface area contributed by atoms with Gasteiger partial charge in [-0.05, 0) is 60.2 Å². The molecule has 1 heterocycles. The normalized spacial score (nSPS) is 12.0. The molecule has 0 saturated heterocycles. The molecule has 0 aliphatic heterocycles. The molecule has 5 heteroatoms. The third-order valence-corrected chi connectivity index (χ3v) is 8.51. The Hall–Kier alpha value is -4.51. The Morgan fingerprint density at radius 3 is 1.95 bits per heavy atom. The first-order valence-electron chi connectivity index (χ1n) is 16.1. The minimum Gasteiger partial charge on any atom is -0.332 e. The number of carbonyl (C=O) groups excluding carboxylic acids is 1. The zero-order chi connectivity index (χ0) is 30.9. The lowest BCUT2D eigenvalue weighted by molar-refractivity contribution is -0.134. The predicted molar refractivity (Wildman–Crippen MR) is 180 cm³/mol. The number of nitrogens with zero attached hydrogens (tertiary/aromatic N) is 3. The van der Waals surface area contributed by atoms with E-state index in [1.165, 1.54) is 5.56 Å². The van der Waals surface area contributed by atoms with Gasteiger partial charge in [0.2, 0.25) is 5.91 Å². The second-order valence-electron chi connectivity index (χ2n) is 11.4. The maximum Gasteiger partial charge on any atom is 0.266 e. The molecule has 0 N–H and O–H groups in total. The van der Waals surface area contributed by atoms with Crippen molar-refractivity contribution in [2.24, 2.45) is 0 Å². The summed E-state index contributed by atoms with van der Waals surface area (Å²) in [7, 11) is 0. The average molecular weight is 586 g/mol. The molecule has 0 saturated carbocycles. The summed E-state index contributed by atoms with van der Waals surface area (Å²) in [4.78, 5) is 36.3. The molecule has 0 radical (unpaired) electrons. The molecule has 0 fully saturated rings. The van der Waals surface area contributed by atoms with Crippen LogP contribution in [0.4, 0.5) is 0 Å². The van der Waals surface area contributed by atoms with Gasteiger partial charge in [0.15, 0.2) is 0 Å². The molecular weight excluding hydrogens is 542 g/mol. The summed E-state index contributed by atoms with van der Waals surface area (Å²) in [5.74, 6) is 0.160. The van der Waals surface area contributed by atoms with Crippen LogP contribution in [0.2, 0.25) is 0 Å². The van der Waals surface area contributed by atoms with E-state index in [9.17, 15) is 9.59 Å². The van der Waals surface area contributed by atoms with Gasteiger partial charge in [-0.1, -0.05) is 125 Å². The fraction of sp³-hybridized carbons (Fsp3) is 0.308. The average Bonchev–Trinajstić information content (AvgIpc) is 3.07. The third kappa shape index (κ3) is 6.67. The number of carbonyl (C=O) groups is 1. The number of para-hydroxylation sites is 1. The van der Waals surface area contributed by atoms with Crippen LogP contribution in [0.25, 0.3) is 16.6 Å². The quantitative estimate of drug-likeness (QED) is 0.130. The first-order chi connectivity index (χ1) is 21.6. The van der Waals surface area contributed by atoms with Crippen molar-refractivity contribution in [1.82, 2.24) is 14.5 Å². The van der Waals surface area contributed by atoms with E-state index in [2.05, 4.69) is 32.9 Å². The lowest BCUT2D eigenvalue weighted by Gasteiger charge is -2.35. The number of amides is 1. The van der Waals surface area contributed by atoms with Gasteiger partial charge < -0.3 is 4.90 Å². The second-order valence-corrected chi connectivity index (χ2v) is 11.4. The summed E-state index contributed by atoms with van der Waals surface area (Å²) in [6, 6.07) is 35.3. The number of aryl methyl sites for hydroxylation is 1. The monoisotopic (exact) mass is 585 g/mol. The van der Waals surface area contributed by atoms with Crippen molar-refractivity contribution in [1.29, 1.82) is 0 Å². The molecular formula is C39H43N3O2. The van der Waals surface area contributed by atoms with Gasteiger partial charge in [-0.2, -0.15) is 0 Å². The Kier molecular flexibility index (Phi) is 10.4. The number of hydrogen-bond donors (Lipinski definition) is 0. The van der Waals surface area contributed by atoms with E-state index in [0.29, 0.717) is 29.7 Å². The molecule has 0 aliphatic rings. The summed E-state index contributed by atoms with van der Waals surface area (Å²) >= 11 is 0. The van der Waals surface area contributed by atoms with E-state index in [0.717, 1.165) is 48.9 Å².